The Balaban J connectivity index is 1.76. The van der Waals surface area contributed by atoms with Crippen LogP contribution in [0.25, 0.3) is 0 Å². The van der Waals surface area contributed by atoms with E-state index in [2.05, 4.69) is 39.1 Å². The fourth-order valence-corrected chi connectivity index (χ4v) is 6.03. The molecule has 0 unspecified atom stereocenters. The van der Waals surface area contributed by atoms with Crippen molar-refractivity contribution in [2.75, 3.05) is 11.1 Å². The van der Waals surface area contributed by atoms with Gasteiger partial charge in [-0.15, -0.1) is 23.1 Å². The Morgan fingerprint density at radius 3 is 2.37 bits per heavy atom. The highest BCUT2D eigenvalue weighted by Gasteiger charge is 2.25. The molecular formula is C21H26N2O2S2. The Morgan fingerprint density at radius 2 is 1.74 bits per heavy atom. The molecule has 2 amide bonds. The average Bonchev–Trinajstić information content (AvgIpc) is 2.97. The van der Waals surface area contributed by atoms with E-state index in [0.717, 1.165) is 31.2 Å². The van der Waals surface area contributed by atoms with E-state index in [9.17, 15) is 9.59 Å². The third kappa shape index (κ3) is 4.06. The second kappa shape index (κ2) is 8.07. The maximum Gasteiger partial charge on any atom is 0.251 e. The maximum absolute atomic E-state index is 12.6. The largest absolute Gasteiger partial charge is 0.365 e. The van der Waals surface area contributed by atoms with Gasteiger partial charge < -0.3 is 11.1 Å². The summed E-state index contributed by atoms with van der Waals surface area (Å²) in [4.78, 5) is 26.9. The van der Waals surface area contributed by atoms with Crippen molar-refractivity contribution in [3.63, 3.8) is 0 Å². The van der Waals surface area contributed by atoms with E-state index in [1.165, 1.54) is 43.4 Å². The molecule has 3 N–H and O–H groups in total. The molecule has 0 radical (unpaired) electrons. The monoisotopic (exact) mass is 402 g/mol. The van der Waals surface area contributed by atoms with Crippen molar-refractivity contribution in [1.29, 1.82) is 0 Å². The van der Waals surface area contributed by atoms with Crippen LogP contribution in [0.3, 0.4) is 0 Å². The van der Waals surface area contributed by atoms with Gasteiger partial charge in [0.15, 0.2) is 0 Å². The molecule has 0 spiro atoms. The first-order valence-corrected chi connectivity index (χ1v) is 11.0. The first kappa shape index (κ1) is 20.0. The molecule has 0 bridgehead atoms. The summed E-state index contributed by atoms with van der Waals surface area (Å²) in [7, 11) is 0. The first-order valence-electron chi connectivity index (χ1n) is 9.24. The Hall–Kier alpha value is -1.79. The van der Waals surface area contributed by atoms with Gasteiger partial charge in [0, 0.05) is 9.77 Å². The molecule has 0 atom stereocenters. The fourth-order valence-electron chi connectivity index (χ4n) is 3.61. The van der Waals surface area contributed by atoms with Crippen LogP contribution in [0, 0.1) is 27.7 Å². The number of aryl methyl sites for hydroxylation is 3. The SMILES string of the molecule is Cc1cc(C)c(C)c(SCC(=O)Nc2sc3c(c2C(N)=O)CCCC3)c1C. The minimum Gasteiger partial charge on any atom is -0.365 e. The van der Waals surface area contributed by atoms with E-state index in [1.807, 2.05) is 0 Å². The summed E-state index contributed by atoms with van der Waals surface area (Å²) >= 11 is 3.06. The number of anilines is 1. The van der Waals surface area contributed by atoms with Crippen molar-refractivity contribution in [3.8, 4) is 0 Å². The summed E-state index contributed by atoms with van der Waals surface area (Å²) < 4.78 is 0. The predicted molar refractivity (Wildman–Crippen MR) is 114 cm³/mol. The summed E-state index contributed by atoms with van der Waals surface area (Å²) in [5.74, 6) is -0.233. The van der Waals surface area contributed by atoms with Gasteiger partial charge in [-0.3, -0.25) is 9.59 Å². The van der Waals surface area contributed by atoms with E-state index >= 15 is 0 Å². The number of hydrogen-bond donors (Lipinski definition) is 2. The molecule has 1 aromatic carbocycles. The summed E-state index contributed by atoms with van der Waals surface area (Å²) in [6.45, 7) is 8.39. The fraction of sp³-hybridized carbons (Fsp3) is 0.429. The summed E-state index contributed by atoms with van der Waals surface area (Å²) in [5.41, 5.74) is 12.1. The summed E-state index contributed by atoms with van der Waals surface area (Å²) in [6, 6.07) is 2.18. The quantitative estimate of drug-likeness (QED) is 0.713. The normalized spacial score (nSPS) is 13.3. The lowest BCUT2D eigenvalue weighted by Gasteiger charge is -2.14. The van der Waals surface area contributed by atoms with Crippen LogP contribution in [0.15, 0.2) is 11.0 Å². The number of rotatable bonds is 5. The third-order valence-corrected chi connectivity index (χ3v) is 7.83. The molecular weight excluding hydrogens is 376 g/mol. The lowest BCUT2D eigenvalue weighted by atomic mass is 9.95. The highest BCUT2D eigenvalue weighted by atomic mass is 32.2. The van der Waals surface area contributed by atoms with E-state index in [-0.39, 0.29) is 5.91 Å². The van der Waals surface area contributed by atoms with Gasteiger partial charge in [0.05, 0.1) is 11.3 Å². The Kier molecular flexibility index (Phi) is 5.96. The molecule has 6 heteroatoms. The van der Waals surface area contributed by atoms with Gasteiger partial charge >= 0.3 is 0 Å². The standard InChI is InChI=1S/C21H26N2O2S2/c1-11-9-12(2)14(4)19(13(11)3)26-10-17(24)23-21-18(20(22)25)15-7-5-6-8-16(15)27-21/h9H,5-8,10H2,1-4H3,(H2,22,25)(H,23,24). The molecule has 1 heterocycles. The van der Waals surface area contributed by atoms with Crippen LogP contribution in [0.1, 0.15) is 55.9 Å². The smallest absolute Gasteiger partial charge is 0.251 e. The molecule has 0 fully saturated rings. The number of hydrogen-bond acceptors (Lipinski definition) is 4. The summed E-state index contributed by atoms with van der Waals surface area (Å²) in [6.07, 6.45) is 4.03. The number of thiophene rings is 1. The first-order chi connectivity index (χ1) is 12.8. The number of primary amides is 1. The number of amides is 2. The Bertz CT molecular complexity index is 889. The van der Waals surface area contributed by atoms with Gasteiger partial charge in [-0.05, 0) is 81.2 Å². The van der Waals surface area contributed by atoms with Gasteiger partial charge in [0.25, 0.3) is 5.91 Å². The van der Waals surface area contributed by atoms with E-state index in [0.29, 0.717) is 16.3 Å². The zero-order valence-corrected chi connectivity index (χ0v) is 18.0. The van der Waals surface area contributed by atoms with Crippen LogP contribution < -0.4 is 11.1 Å². The maximum atomic E-state index is 12.6. The van der Waals surface area contributed by atoms with E-state index < -0.39 is 5.91 Å². The summed E-state index contributed by atoms with van der Waals surface area (Å²) in [5, 5.41) is 3.56. The Labute approximate surface area is 168 Å². The van der Waals surface area contributed by atoms with Gasteiger partial charge in [0.2, 0.25) is 5.91 Å². The van der Waals surface area contributed by atoms with E-state index in [1.54, 1.807) is 11.8 Å². The van der Waals surface area contributed by atoms with Gasteiger partial charge in [0.1, 0.15) is 5.00 Å². The van der Waals surface area contributed by atoms with Crippen molar-refractivity contribution >= 4 is 39.9 Å². The predicted octanol–water partition coefficient (Wildman–Crippen LogP) is 4.69. The second-order valence-corrected chi connectivity index (χ2v) is 9.30. The third-order valence-electron chi connectivity index (χ3n) is 5.32. The molecule has 0 saturated heterocycles. The van der Waals surface area contributed by atoms with Crippen LogP contribution in [-0.4, -0.2) is 17.6 Å². The minimum atomic E-state index is -0.446. The Morgan fingerprint density at radius 1 is 1.11 bits per heavy atom. The zero-order chi connectivity index (χ0) is 19.7. The minimum absolute atomic E-state index is 0.0981. The van der Waals surface area contributed by atoms with Crippen LogP contribution >= 0.6 is 23.1 Å². The van der Waals surface area contributed by atoms with Crippen molar-refractivity contribution in [2.24, 2.45) is 5.73 Å². The number of benzene rings is 1. The molecule has 4 nitrogen and oxygen atoms in total. The number of nitrogens with one attached hydrogen (secondary N) is 1. The van der Waals surface area contributed by atoms with Crippen LogP contribution in [0.2, 0.25) is 0 Å². The molecule has 27 heavy (non-hydrogen) atoms. The van der Waals surface area contributed by atoms with Crippen molar-refractivity contribution in [3.05, 3.63) is 44.3 Å². The van der Waals surface area contributed by atoms with Crippen LogP contribution in [0.4, 0.5) is 5.00 Å². The molecule has 1 aliphatic carbocycles. The number of nitrogens with two attached hydrogens (primary N) is 1. The number of thioether (sulfide) groups is 1. The topological polar surface area (TPSA) is 72.2 Å². The number of carbonyl (C=O) groups excluding carboxylic acids is 2. The van der Waals surface area contributed by atoms with Crippen molar-refractivity contribution in [1.82, 2.24) is 0 Å². The highest BCUT2D eigenvalue weighted by molar-refractivity contribution is 8.00. The second-order valence-electron chi connectivity index (χ2n) is 7.21. The molecule has 0 saturated carbocycles. The van der Waals surface area contributed by atoms with Gasteiger partial charge in [-0.2, -0.15) is 0 Å². The molecule has 2 aromatic rings. The van der Waals surface area contributed by atoms with Gasteiger partial charge in [-0.1, -0.05) is 6.07 Å². The molecule has 144 valence electrons. The number of fused-ring (bicyclic) bond motifs is 1. The lowest BCUT2D eigenvalue weighted by Crippen LogP contribution is -2.19. The van der Waals surface area contributed by atoms with Crippen molar-refractivity contribution < 1.29 is 9.59 Å². The van der Waals surface area contributed by atoms with Crippen LogP contribution in [0.5, 0.6) is 0 Å². The van der Waals surface area contributed by atoms with Crippen molar-refractivity contribution in [2.45, 2.75) is 58.3 Å². The molecule has 1 aromatic heterocycles. The zero-order valence-electron chi connectivity index (χ0n) is 16.3. The molecule has 0 aliphatic heterocycles. The van der Waals surface area contributed by atoms with Crippen LogP contribution in [-0.2, 0) is 17.6 Å². The lowest BCUT2D eigenvalue weighted by molar-refractivity contribution is -0.113. The van der Waals surface area contributed by atoms with E-state index in [4.69, 9.17) is 5.73 Å². The van der Waals surface area contributed by atoms with Gasteiger partial charge in [-0.25, -0.2) is 0 Å². The number of carbonyl (C=O) groups is 2. The average molecular weight is 403 g/mol. The highest BCUT2D eigenvalue weighted by Crippen LogP contribution is 2.38. The molecule has 1 aliphatic rings. The molecule has 3 rings (SSSR count).